The number of hydrogen-bond acceptors (Lipinski definition) is 4. The lowest BCUT2D eigenvalue weighted by Crippen LogP contribution is -2.34. The zero-order chi connectivity index (χ0) is 18.7. The molecule has 1 heterocycles. The van der Waals surface area contributed by atoms with Gasteiger partial charge in [0.25, 0.3) is 5.91 Å². The minimum absolute atomic E-state index is 0.00203. The van der Waals surface area contributed by atoms with Gasteiger partial charge in [0.05, 0.1) is 21.5 Å². The molecule has 0 fully saturated rings. The lowest BCUT2D eigenvalue weighted by Gasteiger charge is -2.13. The minimum Gasteiger partial charge on any atom is -0.336 e. The van der Waals surface area contributed by atoms with Crippen LogP contribution in [0.2, 0.25) is 0 Å². The number of carbonyl (C=O) groups excluding carboxylic acids is 2. The van der Waals surface area contributed by atoms with Crippen molar-refractivity contribution in [1.82, 2.24) is 10.3 Å². The maximum atomic E-state index is 12.7. The summed E-state index contributed by atoms with van der Waals surface area (Å²) < 4.78 is 1.02. The van der Waals surface area contributed by atoms with E-state index < -0.39 is 0 Å². The molecule has 7 heteroatoms. The highest BCUT2D eigenvalue weighted by Gasteiger charge is 2.15. The van der Waals surface area contributed by atoms with Gasteiger partial charge < -0.3 is 10.6 Å². The lowest BCUT2D eigenvalue weighted by atomic mass is 10.1. The van der Waals surface area contributed by atoms with Crippen LogP contribution in [0.3, 0.4) is 0 Å². The Bertz CT molecular complexity index is 965. The Balaban J connectivity index is 1.79. The SMILES string of the molecule is Cc1ccc2nc(NC(=O)c3ccccc3NC(=O)NC(C)C)sc2c1. The summed E-state index contributed by atoms with van der Waals surface area (Å²) in [6, 6.07) is 12.5. The average Bonchev–Trinajstić information content (AvgIpc) is 2.95. The molecular formula is C19H20N4O2S. The van der Waals surface area contributed by atoms with E-state index in [4.69, 9.17) is 0 Å². The third kappa shape index (κ3) is 4.18. The normalized spacial score (nSPS) is 10.8. The zero-order valence-electron chi connectivity index (χ0n) is 14.8. The molecule has 0 atom stereocenters. The number of nitrogens with one attached hydrogen (secondary N) is 3. The van der Waals surface area contributed by atoms with Gasteiger partial charge in [-0.25, -0.2) is 9.78 Å². The molecule has 0 saturated carbocycles. The topological polar surface area (TPSA) is 83.1 Å². The first-order valence-corrected chi connectivity index (χ1v) is 9.09. The van der Waals surface area contributed by atoms with Crippen LogP contribution in [-0.2, 0) is 0 Å². The molecule has 0 bridgehead atoms. The van der Waals surface area contributed by atoms with Crippen molar-refractivity contribution < 1.29 is 9.59 Å². The Hall–Kier alpha value is -2.93. The van der Waals surface area contributed by atoms with Crippen molar-refractivity contribution in [2.45, 2.75) is 26.8 Å². The van der Waals surface area contributed by atoms with Crippen LogP contribution in [0.4, 0.5) is 15.6 Å². The van der Waals surface area contributed by atoms with Crippen molar-refractivity contribution >= 4 is 44.3 Å². The highest BCUT2D eigenvalue weighted by molar-refractivity contribution is 7.22. The van der Waals surface area contributed by atoms with E-state index in [1.54, 1.807) is 24.3 Å². The number of aromatic nitrogens is 1. The van der Waals surface area contributed by atoms with Gasteiger partial charge in [0.15, 0.2) is 5.13 Å². The van der Waals surface area contributed by atoms with Crippen LogP contribution in [0.1, 0.15) is 29.8 Å². The quantitative estimate of drug-likeness (QED) is 0.639. The van der Waals surface area contributed by atoms with E-state index in [9.17, 15) is 9.59 Å². The number of benzene rings is 2. The molecule has 134 valence electrons. The molecule has 3 amide bonds. The summed E-state index contributed by atoms with van der Waals surface area (Å²) in [5.74, 6) is -0.318. The van der Waals surface area contributed by atoms with Crippen LogP contribution in [0.25, 0.3) is 10.2 Å². The number of amides is 3. The van der Waals surface area contributed by atoms with E-state index in [0.29, 0.717) is 16.4 Å². The van der Waals surface area contributed by atoms with Gasteiger partial charge in [-0.15, -0.1) is 0 Å². The second kappa shape index (κ2) is 7.53. The summed E-state index contributed by atoms with van der Waals surface area (Å²) >= 11 is 1.42. The number of aryl methyl sites for hydroxylation is 1. The van der Waals surface area contributed by atoms with Crippen molar-refractivity contribution in [1.29, 1.82) is 0 Å². The number of para-hydroxylation sites is 1. The van der Waals surface area contributed by atoms with Crippen LogP contribution in [0, 0.1) is 6.92 Å². The van der Waals surface area contributed by atoms with Crippen molar-refractivity contribution in [3.05, 3.63) is 53.6 Å². The smallest absolute Gasteiger partial charge is 0.319 e. The molecule has 0 spiro atoms. The maximum Gasteiger partial charge on any atom is 0.319 e. The van der Waals surface area contributed by atoms with Crippen LogP contribution in [0.15, 0.2) is 42.5 Å². The van der Waals surface area contributed by atoms with E-state index in [1.165, 1.54) is 11.3 Å². The number of hydrogen-bond donors (Lipinski definition) is 3. The van der Waals surface area contributed by atoms with Gasteiger partial charge in [-0.05, 0) is 50.6 Å². The van der Waals surface area contributed by atoms with Gasteiger partial charge in [-0.1, -0.05) is 29.5 Å². The van der Waals surface area contributed by atoms with E-state index in [2.05, 4.69) is 20.9 Å². The van der Waals surface area contributed by atoms with Gasteiger partial charge in [0.2, 0.25) is 0 Å². The number of thiazole rings is 1. The summed E-state index contributed by atoms with van der Waals surface area (Å²) in [7, 11) is 0. The highest BCUT2D eigenvalue weighted by atomic mass is 32.1. The Morgan fingerprint density at radius 2 is 1.85 bits per heavy atom. The van der Waals surface area contributed by atoms with Crippen LogP contribution < -0.4 is 16.0 Å². The van der Waals surface area contributed by atoms with Gasteiger partial charge in [0.1, 0.15) is 0 Å². The number of carbonyl (C=O) groups is 2. The average molecular weight is 368 g/mol. The first-order chi connectivity index (χ1) is 12.4. The largest absolute Gasteiger partial charge is 0.336 e. The maximum absolute atomic E-state index is 12.7. The van der Waals surface area contributed by atoms with Crippen LogP contribution in [-0.4, -0.2) is 23.0 Å². The Kier molecular flexibility index (Phi) is 5.18. The number of fused-ring (bicyclic) bond motifs is 1. The molecule has 3 aromatic rings. The van der Waals surface area contributed by atoms with E-state index in [0.717, 1.165) is 15.8 Å². The fourth-order valence-corrected chi connectivity index (χ4v) is 3.42. The molecule has 26 heavy (non-hydrogen) atoms. The standard InChI is InChI=1S/C19H20N4O2S/c1-11(2)20-18(25)21-14-7-5-4-6-13(14)17(24)23-19-22-15-9-8-12(3)10-16(15)26-19/h4-11H,1-3H3,(H2,20,21,25)(H,22,23,24). The molecule has 3 N–H and O–H groups in total. The molecule has 0 aliphatic rings. The van der Waals surface area contributed by atoms with Crippen molar-refractivity contribution in [3.8, 4) is 0 Å². The highest BCUT2D eigenvalue weighted by Crippen LogP contribution is 2.27. The molecule has 0 aliphatic carbocycles. The van der Waals surface area contributed by atoms with Crippen LogP contribution in [0.5, 0.6) is 0 Å². The zero-order valence-corrected chi connectivity index (χ0v) is 15.6. The molecule has 0 saturated heterocycles. The predicted molar refractivity (Wildman–Crippen MR) is 106 cm³/mol. The molecular weight excluding hydrogens is 348 g/mol. The van der Waals surface area contributed by atoms with E-state index >= 15 is 0 Å². The van der Waals surface area contributed by atoms with Crippen molar-refractivity contribution in [2.75, 3.05) is 10.6 Å². The van der Waals surface area contributed by atoms with Crippen molar-refractivity contribution in [3.63, 3.8) is 0 Å². The number of urea groups is 1. The monoisotopic (exact) mass is 368 g/mol. The van der Waals surface area contributed by atoms with Gasteiger partial charge in [-0.2, -0.15) is 0 Å². The molecule has 0 unspecified atom stereocenters. The van der Waals surface area contributed by atoms with Crippen LogP contribution >= 0.6 is 11.3 Å². The Morgan fingerprint density at radius 1 is 1.08 bits per heavy atom. The molecule has 0 radical (unpaired) electrons. The first kappa shape index (κ1) is 17.9. The number of rotatable bonds is 4. The molecule has 0 aliphatic heterocycles. The van der Waals surface area contributed by atoms with Crippen molar-refractivity contribution in [2.24, 2.45) is 0 Å². The van der Waals surface area contributed by atoms with Gasteiger partial charge in [-0.3, -0.25) is 10.1 Å². The summed E-state index contributed by atoms with van der Waals surface area (Å²) in [6.07, 6.45) is 0. The first-order valence-electron chi connectivity index (χ1n) is 8.27. The van der Waals surface area contributed by atoms with E-state index in [-0.39, 0.29) is 18.0 Å². The summed E-state index contributed by atoms with van der Waals surface area (Å²) in [5.41, 5.74) is 2.81. The third-order valence-electron chi connectivity index (χ3n) is 3.60. The lowest BCUT2D eigenvalue weighted by molar-refractivity contribution is 0.102. The second-order valence-electron chi connectivity index (χ2n) is 6.24. The summed E-state index contributed by atoms with van der Waals surface area (Å²) in [5, 5.41) is 8.80. The minimum atomic E-state index is -0.351. The van der Waals surface area contributed by atoms with E-state index in [1.807, 2.05) is 39.0 Å². The fourth-order valence-electron chi connectivity index (χ4n) is 2.46. The number of nitrogens with zero attached hydrogens (tertiary/aromatic N) is 1. The molecule has 6 nitrogen and oxygen atoms in total. The van der Waals surface area contributed by atoms with Gasteiger partial charge in [0, 0.05) is 6.04 Å². The summed E-state index contributed by atoms with van der Waals surface area (Å²) in [4.78, 5) is 29.0. The number of anilines is 2. The third-order valence-corrected chi connectivity index (χ3v) is 4.54. The Morgan fingerprint density at radius 3 is 2.62 bits per heavy atom. The Labute approximate surface area is 155 Å². The fraction of sp³-hybridized carbons (Fsp3) is 0.211. The molecule has 2 aromatic carbocycles. The van der Waals surface area contributed by atoms with Gasteiger partial charge >= 0.3 is 6.03 Å². The second-order valence-corrected chi connectivity index (χ2v) is 7.27. The predicted octanol–water partition coefficient (Wildman–Crippen LogP) is 4.39. The molecule has 3 rings (SSSR count). The molecule has 1 aromatic heterocycles. The summed E-state index contributed by atoms with van der Waals surface area (Å²) in [6.45, 7) is 5.75.